The quantitative estimate of drug-likeness (QED) is 0.784. The third-order valence-corrected chi connectivity index (χ3v) is 3.47. The number of nitrogens with zero attached hydrogens (tertiary/aromatic N) is 1. The first kappa shape index (κ1) is 18.0. The van der Waals surface area contributed by atoms with Crippen LogP contribution in [0.25, 0.3) is 0 Å². The normalized spacial score (nSPS) is 9.80. The van der Waals surface area contributed by atoms with Gasteiger partial charge in [-0.15, -0.1) is 0 Å². The van der Waals surface area contributed by atoms with E-state index in [-0.39, 0.29) is 18.3 Å². The van der Waals surface area contributed by atoms with Crippen LogP contribution in [-0.4, -0.2) is 25.4 Å². The fourth-order valence-electron chi connectivity index (χ4n) is 2.12. The van der Waals surface area contributed by atoms with Crippen molar-refractivity contribution in [1.29, 1.82) is 5.26 Å². The number of hydrogen-bond acceptors (Lipinski definition) is 5. The van der Waals surface area contributed by atoms with Gasteiger partial charge in [-0.05, 0) is 17.7 Å². The van der Waals surface area contributed by atoms with E-state index in [2.05, 4.69) is 5.32 Å². The van der Waals surface area contributed by atoms with Gasteiger partial charge in [0, 0.05) is 25.1 Å². The van der Waals surface area contributed by atoms with Crippen LogP contribution in [0.5, 0.6) is 11.5 Å². The van der Waals surface area contributed by atoms with Gasteiger partial charge in [-0.1, -0.05) is 24.3 Å². The van der Waals surface area contributed by atoms with E-state index >= 15 is 0 Å². The van der Waals surface area contributed by atoms with Crippen LogP contribution in [-0.2, 0) is 11.3 Å². The van der Waals surface area contributed by atoms with Crippen LogP contribution in [0, 0.1) is 11.3 Å². The number of nitrogens with one attached hydrogen (secondary N) is 1. The second-order valence-electron chi connectivity index (χ2n) is 5.30. The second-order valence-corrected chi connectivity index (χ2v) is 5.30. The molecule has 0 spiro atoms. The molecule has 0 aromatic heterocycles. The first-order chi connectivity index (χ1) is 12.0. The van der Waals surface area contributed by atoms with E-state index in [0.717, 1.165) is 5.56 Å². The average Bonchev–Trinajstić information content (AvgIpc) is 2.64. The van der Waals surface area contributed by atoms with Crippen molar-refractivity contribution in [1.82, 2.24) is 5.32 Å². The average molecular weight is 338 g/mol. The lowest BCUT2D eigenvalue weighted by Crippen LogP contribution is -2.19. The molecule has 0 fully saturated rings. The summed E-state index contributed by atoms with van der Waals surface area (Å²) in [5.74, 6) is 0.511. The van der Waals surface area contributed by atoms with Gasteiger partial charge in [-0.25, -0.2) is 0 Å². The number of carbonyl (C=O) groups excluding carboxylic acids is 2. The van der Waals surface area contributed by atoms with Crippen molar-refractivity contribution in [2.24, 2.45) is 0 Å². The Labute approximate surface area is 146 Å². The van der Waals surface area contributed by atoms with Crippen LogP contribution in [0.2, 0.25) is 0 Å². The van der Waals surface area contributed by atoms with Gasteiger partial charge in [0.2, 0.25) is 5.91 Å². The van der Waals surface area contributed by atoms with E-state index in [0.29, 0.717) is 29.2 Å². The highest BCUT2D eigenvalue weighted by molar-refractivity contribution is 5.97. The van der Waals surface area contributed by atoms with Crippen molar-refractivity contribution in [3.8, 4) is 17.6 Å². The SMILES string of the molecule is COc1cc(C#N)ccc1OCC(=O)c1ccc(CNC(C)=O)cc1. The van der Waals surface area contributed by atoms with Gasteiger partial charge in [0.1, 0.15) is 0 Å². The number of rotatable bonds is 7. The van der Waals surface area contributed by atoms with E-state index in [1.807, 2.05) is 6.07 Å². The van der Waals surface area contributed by atoms with Crippen molar-refractivity contribution < 1.29 is 19.1 Å². The maximum absolute atomic E-state index is 12.2. The Kier molecular flexibility index (Phi) is 6.13. The first-order valence-corrected chi connectivity index (χ1v) is 7.61. The molecule has 0 aliphatic rings. The number of methoxy groups -OCH3 is 1. The number of benzene rings is 2. The van der Waals surface area contributed by atoms with E-state index in [9.17, 15) is 9.59 Å². The summed E-state index contributed by atoms with van der Waals surface area (Å²) in [4.78, 5) is 23.1. The van der Waals surface area contributed by atoms with Gasteiger partial charge in [0.15, 0.2) is 23.9 Å². The molecule has 1 N–H and O–H groups in total. The van der Waals surface area contributed by atoms with E-state index in [4.69, 9.17) is 14.7 Å². The van der Waals surface area contributed by atoms with Gasteiger partial charge in [-0.2, -0.15) is 5.26 Å². The van der Waals surface area contributed by atoms with Gasteiger partial charge in [-0.3, -0.25) is 9.59 Å². The zero-order chi connectivity index (χ0) is 18.2. The van der Waals surface area contributed by atoms with E-state index in [1.165, 1.54) is 14.0 Å². The molecule has 2 aromatic carbocycles. The molecule has 0 atom stereocenters. The fraction of sp³-hybridized carbons (Fsp3) is 0.211. The van der Waals surface area contributed by atoms with Crippen molar-refractivity contribution in [2.45, 2.75) is 13.5 Å². The Hall–Kier alpha value is -3.33. The van der Waals surface area contributed by atoms with Crippen LogP contribution in [0.15, 0.2) is 42.5 Å². The smallest absolute Gasteiger partial charge is 0.217 e. The number of ketones is 1. The lowest BCUT2D eigenvalue weighted by atomic mass is 10.1. The maximum atomic E-state index is 12.2. The summed E-state index contributed by atoms with van der Waals surface area (Å²) >= 11 is 0. The monoisotopic (exact) mass is 338 g/mol. The van der Waals surface area contributed by atoms with Crippen molar-refractivity contribution in [3.05, 3.63) is 59.2 Å². The molecule has 0 heterocycles. The third-order valence-electron chi connectivity index (χ3n) is 3.47. The van der Waals surface area contributed by atoms with Crippen LogP contribution in [0.3, 0.4) is 0 Å². The molecule has 128 valence electrons. The molecule has 2 rings (SSSR count). The Bertz CT molecular complexity index is 807. The van der Waals surface area contributed by atoms with Crippen molar-refractivity contribution in [3.63, 3.8) is 0 Å². The lowest BCUT2D eigenvalue weighted by Gasteiger charge is -2.10. The minimum Gasteiger partial charge on any atom is -0.493 e. The summed E-state index contributed by atoms with van der Waals surface area (Å²) in [6.07, 6.45) is 0. The fourth-order valence-corrected chi connectivity index (χ4v) is 2.12. The topological polar surface area (TPSA) is 88.4 Å². The highest BCUT2D eigenvalue weighted by atomic mass is 16.5. The molecule has 0 bridgehead atoms. The molecule has 0 radical (unpaired) electrons. The molecule has 0 aliphatic heterocycles. The third kappa shape index (κ3) is 5.08. The van der Waals surface area contributed by atoms with Gasteiger partial charge < -0.3 is 14.8 Å². The summed E-state index contributed by atoms with van der Waals surface area (Å²) in [6.45, 7) is 1.72. The Balaban J connectivity index is 1.98. The number of amides is 1. The Morgan fingerprint density at radius 2 is 1.84 bits per heavy atom. The zero-order valence-corrected chi connectivity index (χ0v) is 14.0. The first-order valence-electron chi connectivity index (χ1n) is 7.61. The lowest BCUT2D eigenvalue weighted by molar-refractivity contribution is -0.119. The molecule has 2 aromatic rings. The molecular weight excluding hydrogens is 320 g/mol. The maximum Gasteiger partial charge on any atom is 0.217 e. The summed E-state index contributed by atoms with van der Waals surface area (Å²) in [5, 5.41) is 11.6. The predicted molar refractivity (Wildman–Crippen MR) is 91.5 cm³/mol. The van der Waals surface area contributed by atoms with Crippen LogP contribution < -0.4 is 14.8 Å². The Morgan fingerprint density at radius 3 is 2.44 bits per heavy atom. The minimum atomic E-state index is -0.183. The van der Waals surface area contributed by atoms with Crippen LogP contribution in [0.1, 0.15) is 28.4 Å². The minimum absolute atomic E-state index is 0.107. The molecule has 0 saturated heterocycles. The van der Waals surface area contributed by atoms with Crippen LogP contribution in [0.4, 0.5) is 0 Å². The van der Waals surface area contributed by atoms with E-state index < -0.39 is 0 Å². The molecular formula is C19H18N2O4. The summed E-state index contributed by atoms with van der Waals surface area (Å²) in [6, 6.07) is 13.7. The summed E-state index contributed by atoms with van der Waals surface area (Å²) in [5.41, 5.74) is 1.87. The molecule has 25 heavy (non-hydrogen) atoms. The number of nitriles is 1. The summed E-state index contributed by atoms with van der Waals surface area (Å²) < 4.78 is 10.7. The standard InChI is InChI=1S/C19H18N2O4/c1-13(22)21-11-14-3-6-16(7-4-14)17(23)12-25-18-8-5-15(10-20)9-19(18)24-2/h3-9H,11-12H2,1-2H3,(H,21,22). The number of ether oxygens (including phenoxy) is 2. The van der Waals surface area contributed by atoms with Crippen molar-refractivity contribution >= 4 is 11.7 Å². The van der Waals surface area contributed by atoms with Crippen molar-refractivity contribution in [2.75, 3.05) is 13.7 Å². The van der Waals surface area contributed by atoms with Gasteiger partial charge in [0.05, 0.1) is 18.7 Å². The molecule has 1 amide bonds. The highest BCUT2D eigenvalue weighted by Crippen LogP contribution is 2.27. The molecule has 0 saturated carbocycles. The molecule has 0 aliphatic carbocycles. The van der Waals surface area contributed by atoms with Gasteiger partial charge >= 0.3 is 0 Å². The Morgan fingerprint density at radius 1 is 1.12 bits per heavy atom. The van der Waals surface area contributed by atoms with Gasteiger partial charge in [0.25, 0.3) is 0 Å². The molecule has 6 nitrogen and oxygen atoms in total. The van der Waals surface area contributed by atoms with Crippen LogP contribution >= 0.6 is 0 Å². The number of carbonyl (C=O) groups is 2. The highest BCUT2D eigenvalue weighted by Gasteiger charge is 2.10. The second kappa shape index (κ2) is 8.50. The largest absolute Gasteiger partial charge is 0.493 e. The number of Topliss-reactive ketones (excluding diaryl/α,β-unsaturated/α-hetero) is 1. The predicted octanol–water partition coefficient (Wildman–Crippen LogP) is 2.46. The summed E-state index contributed by atoms with van der Waals surface area (Å²) in [7, 11) is 1.47. The van der Waals surface area contributed by atoms with E-state index in [1.54, 1.807) is 42.5 Å². The molecule has 6 heteroatoms. The molecule has 0 unspecified atom stereocenters. The number of hydrogen-bond donors (Lipinski definition) is 1. The zero-order valence-electron chi connectivity index (χ0n) is 14.0.